The van der Waals surface area contributed by atoms with Crippen LogP contribution in [0, 0.1) is 0 Å². The zero-order valence-corrected chi connectivity index (χ0v) is 12.2. The Hall–Kier alpha value is -1.53. The van der Waals surface area contributed by atoms with Gasteiger partial charge in [-0.3, -0.25) is 4.79 Å². The third-order valence-electron chi connectivity index (χ3n) is 2.62. The van der Waals surface area contributed by atoms with Crippen molar-refractivity contribution in [1.82, 2.24) is 0 Å². The molecule has 6 heteroatoms. The van der Waals surface area contributed by atoms with Crippen LogP contribution < -0.4 is 14.8 Å². The van der Waals surface area contributed by atoms with Gasteiger partial charge in [0.2, 0.25) is 0 Å². The molecule has 3 rings (SSSR count). The van der Waals surface area contributed by atoms with E-state index < -0.39 is 0 Å². The fraction of sp³-hybridized carbons (Fsp3) is 0.154. The van der Waals surface area contributed by atoms with Gasteiger partial charge >= 0.3 is 0 Å². The molecule has 4 nitrogen and oxygen atoms in total. The van der Waals surface area contributed by atoms with Crippen molar-refractivity contribution in [2.45, 2.75) is 0 Å². The molecular weight excluding hydrogens is 330 g/mol. The Morgan fingerprint density at radius 3 is 2.74 bits per heavy atom. The molecule has 1 aromatic heterocycles. The number of halogens is 1. The van der Waals surface area contributed by atoms with Crippen LogP contribution in [0.25, 0.3) is 0 Å². The summed E-state index contributed by atoms with van der Waals surface area (Å²) in [5, 5.41) is 4.71. The van der Waals surface area contributed by atoms with Gasteiger partial charge in [-0.25, -0.2) is 0 Å². The quantitative estimate of drug-likeness (QED) is 0.910. The number of fused-ring (bicyclic) bond motifs is 1. The van der Waals surface area contributed by atoms with Gasteiger partial charge in [0.25, 0.3) is 5.91 Å². The maximum Gasteiger partial charge on any atom is 0.266 e. The molecule has 1 aliphatic rings. The second-order valence-corrected chi connectivity index (χ2v) is 5.68. The molecule has 2 aromatic rings. The Morgan fingerprint density at radius 2 is 2.00 bits per heavy atom. The zero-order chi connectivity index (χ0) is 13.2. The molecule has 0 atom stereocenters. The molecule has 1 aliphatic heterocycles. The molecule has 0 saturated carbocycles. The first-order valence-corrected chi connectivity index (χ1v) is 7.35. The van der Waals surface area contributed by atoms with Gasteiger partial charge in [0.15, 0.2) is 11.5 Å². The van der Waals surface area contributed by atoms with Gasteiger partial charge in [0.05, 0.1) is 0 Å². The molecule has 0 unspecified atom stereocenters. The van der Waals surface area contributed by atoms with E-state index in [4.69, 9.17) is 9.47 Å². The topological polar surface area (TPSA) is 47.6 Å². The van der Waals surface area contributed by atoms with E-state index in [1.165, 1.54) is 11.3 Å². The van der Waals surface area contributed by atoms with Crippen molar-refractivity contribution >= 4 is 38.9 Å². The number of amides is 1. The van der Waals surface area contributed by atoms with Gasteiger partial charge in [0.1, 0.15) is 18.1 Å². The summed E-state index contributed by atoms with van der Waals surface area (Å²) in [6.07, 6.45) is 0. The summed E-state index contributed by atoms with van der Waals surface area (Å²) in [6, 6.07) is 7.22. The number of anilines is 1. The van der Waals surface area contributed by atoms with Crippen LogP contribution in [0.1, 0.15) is 9.67 Å². The predicted octanol–water partition coefficient (Wildman–Crippen LogP) is 3.53. The van der Waals surface area contributed by atoms with E-state index in [9.17, 15) is 4.79 Å². The van der Waals surface area contributed by atoms with Crippen LogP contribution in [0.4, 0.5) is 5.69 Å². The minimum Gasteiger partial charge on any atom is -0.486 e. The smallest absolute Gasteiger partial charge is 0.266 e. The average Bonchev–Trinajstić information content (AvgIpc) is 2.85. The highest BCUT2D eigenvalue weighted by molar-refractivity contribution is 9.10. The van der Waals surface area contributed by atoms with E-state index in [0.29, 0.717) is 35.3 Å². The van der Waals surface area contributed by atoms with E-state index >= 15 is 0 Å². The number of ether oxygens (including phenoxy) is 2. The van der Waals surface area contributed by atoms with E-state index in [1.807, 2.05) is 11.4 Å². The molecule has 0 spiro atoms. The Bertz CT molecular complexity index is 626. The molecule has 0 saturated heterocycles. The molecule has 0 bridgehead atoms. The summed E-state index contributed by atoms with van der Waals surface area (Å²) in [4.78, 5) is 12.7. The Balaban J connectivity index is 1.80. The van der Waals surface area contributed by atoms with Crippen molar-refractivity contribution < 1.29 is 14.3 Å². The first-order valence-electron chi connectivity index (χ1n) is 5.68. The van der Waals surface area contributed by atoms with Crippen LogP contribution in [0.15, 0.2) is 34.1 Å². The highest BCUT2D eigenvalue weighted by atomic mass is 79.9. The lowest BCUT2D eigenvalue weighted by Gasteiger charge is -2.18. The maximum absolute atomic E-state index is 12.1. The summed E-state index contributed by atoms with van der Waals surface area (Å²) in [7, 11) is 0. The van der Waals surface area contributed by atoms with Gasteiger partial charge in [-0.1, -0.05) is 0 Å². The Morgan fingerprint density at radius 1 is 1.21 bits per heavy atom. The SMILES string of the molecule is O=C(Nc1ccc2c(c1)OCCO2)c1sccc1Br. The zero-order valence-electron chi connectivity index (χ0n) is 9.81. The highest BCUT2D eigenvalue weighted by Gasteiger charge is 2.15. The Kier molecular flexibility index (Phi) is 3.44. The molecular formula is C13H10BrNO3S. The van der Waals surface area contributed by atoms with Crippen molar-refractivity contribution in [2.75, 3.05) is 18.5 Å². The largest absolute Gasteiger partial charge is 0.486 e. The molecule has 1 N–H and O–H groups in total. The number of hydrogen-bond acceptors (Lipinski definition) is 4. The first kappa shape index (κ1) is 12.5. The summed E-state index contributed by atoms with van der Waals surface area (Å²) in [5.74, 6) is 1.23. The van der Waals surface area contributed by atoms with Crippen molar-refractivity contribution in [3.05, 3.63) is 39.0 Å². The lowest BCUT2D eigenvalue weighted by molar-refractivity contribution is 0.103. The number of hydrogen-bond donors (Lipinski definition) is 1. The lowest BCUT2D eigenvalue weighted by atomic mass is 10.2. The number of thiophene rings is 1. The standard InChI is InChI=1S/C13H10BrNO3S/c14-9-3-6-19-12(9)13(16)15-8-1-2-10-11(7-8)18-5-4-17-10/h1-3,6-7H,4-5H2,(H,15,16). The molecule has 1 aromatic carbocycles. The van der Waals surface area contributed by atoms with Gasteiger partial charge in [0, 0.05) is 16.2 Å². The molecule has 19 heavy (non-hydrogen) atoms. The number of carbonyl (C=O) groups is 1. The summed E-state index contributed by atoms with van der Waals surface area (Å²) in [5.41, 5.74) is 0.689. The third-order valence-corrected chi connectivity index (χ3v) is 4.46. The van der Waals surface area contributed by atoms with Crippen molar-refractivity contribution in [2.24, 2.45) is 0 Å². The average molecular weight is 340 g/mol. The van der Waals surface area contributed by atoms with Crippen LogP contribution in [0.3, 0.4) is 0 Å². The fourth-order valence-electron chi connectivity index (χ4n) is 1.76. The van der Waals surface area contributed by atoms with E-state index in [1.54, 1.807) is 18.2 Å². The third kappa shape index (κ3) is 2.59. The molecule has 0 radical (unpaired) electrons. The second kappa shape index (κ2) is 5.22. The van der Waals surface area contributed by atoms with Gasteiger partial charge < -0.3 is 14.8 Å². The second-order valence-electron chi connectivity index (χ2n) is 3.91. The minimum atomic E-state index is -0.140. The van der Waals surface area contributed by atoms with Crippen LogP contribution >= 0.6 is 27.3 Å². The molecule has 98 valence electrons. The molecule has 1 amide bonds. The Labute approximate surface area is 122 Å². The monoisotopic (exact) mass is 339 g/mol. The summed E-state index contributed by atoms with van der Waals surface area (Å²) >= 11 is 4.74. The predicted molar refractivity (Wildman–Crippen MR) is 77.4 cm³/mol. The molecule has 0 fully saturated rings. The maximum atomic E-state index is 12.1. The fourth-order valence-corrected chi connectivity index (χ4v) is 3.21. The number of benzene rings is 1. The van der Waals surface area contributed by atoms with Crippen LogP contribution in [0.5, 0.6) is 11.5 Å². The van der Waals surface area contributed by atoms with E-state index in [-0.39, 0.29) is 5.91 Å². The summed E-state index contributed by atoms with van der Waals surface area (Å²) in [6.45, 7) is 1.09. The highest BCUT2D eigenvalue weighted by Crippen LogP contribution is 2.33. The number of rotatable bonds is 2. The van der Waals surface area contributed by atoms with E-state index in [0.717, 1.165) is 4.47 Å². The molecule has 2 heterocycles. The van der Waals surface area contributed by atoms with Crippen LogP contribution in [-0.4, -0.2) is 19.1 Å². The van der Waals surface area contributed by atoms with Crippen LogP contribution in [-0.2, 0) is 0 Å². The van der Waals surface area contributed by atoms with Crippen molar-refractivity contribution in [1.29, 1.82) is 0 Å². The van der Waals surface area contributed by atoms with Crippen molar-refractivity contribution in [3.63, 3.8) is 0 Å². The van der Waals surface area contributed by atoms with E-state index in [2.05, 4.69) is 21.2 Å². The number of nitrogens with one attached hydrogen (secondary N) is 1. The first-order chi connectivity index (χ1) is 9.24. The minimum absolute atomic E-state index is 0.140. The summed E-state index contributed by atoms with van der Waals surface area (Å²) < 4.78 is 11.7. The number of carbonyl (C=O) groups excluding carboxylic acids is 1. The van der Waals surface area contributed by atoms with Crippen LogP contribution in [0.2, 0.25) is 0 Å². The molecule has 0 aliphatic carbocycles. The van der Waals surface area contributed by atoms with Gasteiger partial charge in [-0.05, 0) is 39.5 Å². The van der Waals surface area contributed by atoms with Gasteiger partial charge in [-0.15, -0.1) is 11.3 Å². The van der Waals surface area contributed by atoms with Crippen molar-refractivity contribution in [3.8, 4) is 11.5 Å². The van der Waals surface area contributed by atoms with Gasteiger partial charge in [-0.2, -0.15) is 0 Å². The lowest BCUT2D eigenvalue weighted by Crippen LogP contribution is -2.16. The normalized spacial score (nSPS) is 13.1.